The quantitative estimate of drug-likeness (QED) is 0.243. The van der Waals surface area contributed by atoms with Gasteiger partial charge in [-0.1, -0.05) is 25.5 Å². The van der Waals surface area contributed by atoms with E-state index in [0.29, 0.717) is 12.8 Å². The molecule has 0 radical (unpaired) electrons. The summed E-state index contributed by atoms with van der Waals surface area (Å²) in [4.78, 5) is 60.0. The number of allylic oxidation sites excluding steroid dienone is 1. The fraction of sp³-hybridized carbons (Fsp3) is 0.471. The van der Waals surface area contributed by atoms with Crippen LogP contribution in [0.15, 0.2) is 72.0 Å². The molecule has 7 unspecified atom stereocenters. The van der Waals surface area contributed by atoms with Crippen LogP contribution in [-0.2, 0) is 28.5 Å². The molecule has 0 amide bonds. The maximum Gasteiger partial charge on any atom is 0.373 e. The number of hydrogen-bond donors (Lipinski definition) is 2. The number of hydrogen-bond acceptors (Lipinski definition) is 12. The minimum atomic E-state index is -2.04. The zero-order valence-corrected chi connectivity index (χ0v) is 26.4. The summed E-state index contributed by atoms with van der Waals surface area (Å²) in [5.41, 5.74) is -3.23. The Labute approximate surface area is 266 Å². The maximum absolute atomic E-state index is 13.6. The van der Waals surface area contributed by atoms with Gasteiger partial charge in [-0.2, -0.15) is 0 Å². The maximum atomic E-state index is 13.6. The zero-order valence-electron chi connectivity index (χ0n) is 26.4. The minimum absolute atomic E-state index is 0.105. The Morgan fingerprint density at radius 3 is 2.11 bits per heavy atom. The van der Waals surface area contributed by atoms with E-state index in [9.17, 15) is 29.4 Å². The van der Waals surface area contributed by atoms with E-state index in [1.165, 1.54) is 44.7 Å². The molecule has 1 saturated carbocycles. The number of pyridine rings is 2. The monoisotopic (exact) mass is 634 g/mol. The molecule has 1 aliphatic heterocycles. The lowest BCUT2D eigenvalue weighted by Crippen LogP contribution is -2.75. The van der Waals surface area contributed by atoms with Crippen LogP contribution < -0.4 is 0 Å². The zero-order chi connectivity index (χ0) is 33.4. The van der Waals surface area contributed by atoms with Crippen LogP contribution in [0.2, 0.25) is 0 Å². The minimum Gasteiger partial charge on any atom is -0.502 e. The van der Waals surface area contributed by atoms with Gasteiger partial charge in [-0.15, -0.1) is 0 Å². The summed E-state index contributed by atoms with van der Waals surface area (Å²) in [5, 5.41) is 23.3. The van der Waals surface area contributed by atoms with Crippen molar-refractivity contribution in [2.45, 2.75) is 77.8 Å². The number of carbonyl (C=O) groups is 4. The van der Waals surface area contributed by atoms with Crippen molar-refractivity contribution in [3.8, 4) is 0 Å². The first-order valence-corrected chi connectivity index (χ1v) is 15.1. The molecule has 46 heavy (non-hydrogen) atoms. The van der Waals surface area contributed by atoms with Crippen molar-refractivity contribution >= 4 is 23.9 Å². The van der Waals surface area contributed by atoms with Gasteiger partial charge in [0, 0.05) is 54.5 Å². The van der Waals surface area contributed by atoms with Gasteiger partial charge in [-0.3, -0.25) is 14.8 Å². The largest absolute Gasteiger partial charge is 0.502 e. The Bertz CT molecular complexity index is 1590. The van der Waals surface area contributed by atoms with Crippen LogP contribution in [0, 0.1) is 16.7 Å². The molecule has 2 aliphatic carbocycles. The van der Waals surface area contributed by atoms with Crippen LogP contribution in [0.1, 0.15) is 74.6 Å². The van der Waals surface area contributed by atoms with E-state index in [1.54, 1.807) is 25.1 Å². The normalized spacial score (nSPS) is 31.2. The van der Waals surface area contributed by atoms with E-state index in [1.807, 2.05) is 19.9 Å². The molecule has 0 spiro atoms. The number of esters is 4. The lowest BCUT2D eigenvalue weighted by molar-refractivity contribution is -0.290. The summed E-state index contributed by atoms with van der Waals surface area (Å²) in [5.74, 6) is -4.23. The molecule has 2 aromatic rings. The second-order valence-corrected chi connectivity index (χ2v) is 12.7. The SMILES string of the molecule is CC(=O)OC(CC1=C(O)C(=O)OC1)C1(C)C2CCC=C(C)C2(C)C(OC(=O)c2cccnc2)C(OC(=O)c2cccnc2)C1(C)O. The number of cyclic esters (lactones) is 1. The van der Waals surface area contributed by atoms with Crippen molar-refractivity contribution in [1.82, 2.24) is 9.97 Å². The molecule has 7 atom stereocenters. The number of aromatic nitrogens is 2. The number of ether oxygens (including phenoxy) is 4. The molecule has 0 saturated heterocycles. The van der Waals surface area contributed by atoms with Crippen molar-refractivity contribution in [2.75, 3.05) is 6.61 Å². The summed E-state index contributed by atoms with van der Waals surface area (Å²) in [6, 6.07) is 6.20. The third kappa shape index (κ3) is 5.44. The van der Waals surface area contributed by atoms with Crippen LogP contribution in [-0.4, -0.2) is 74.6 Å². The second-order valence-electron chi connectivity index (χ2n) is 12.7. The predicted octanol–water partition coefficient (Wildman–Crippen LogP) is 4.05. The molecule has 2 N–H and O–H groups in total. The first-order chi connectivity index (χ1) is 21.7. The molecule has 3 aliphatic rings. The summed E-state index contributed by atoms with van der Waals surface area (Å²) in [6.07, 6.45) is 4.77. The van der Waals surface area contributed by atoms with Crippen molar-refractivity contribution < 1.29 is 48.3 Å². The Kier molecular flexibility index (Phi) is 8.78. The van der Waals surface area contributed by atoms with Crippen molar-refractivity contribution in [1.29, 1.82) is 0 Å². The van der Waals surface area contributed by atoms with E-state index >= 15 is 0 Å². The number of fused-ring (bicyclic) bond motifs is 1. The van der Waals surface area contributed by atoms with Crippen LogP contribution in [0.25, 0.3) is 0 Å². The van der Waals surface area contributed by atoms with Gasteiger partial charge in [0.15, 0.2) is 12.2 Å². The average Bonchev–Trinajstić information content (AvgIpc) is 3.35. The predicted molar refractivity (Wildman–Crippen MR) is 161 cm³/mol. The molecular weight excluding hydrogens is 596 g/mol. The first kappa shape index (κ1) is 32.8. The van der Waals surface area contributed by atoms with Gasteiger partial charge in [-0.05, 0) is 56.9 Å². The lowest BCUT2D eigenvalue weighted by Gasteiger charge is -2.66. The third-order valence-corrected chi connectivity index (χ3v) is 10.3. The Morgan fingerprint density at radius 2 is 1.61 bits per heavy atom. The Hall–Kier alpha value is -4.58. The number of aliphatic hydroxyl groups is 2. The number of aliphatic hydroxyl groups excluding tert-OH is 1. The van der Waals surface area contributed by atoms with Gasteiger partial charge in [0.05, 0.1) is 11.1 Å². The van der Waals surface area contributed by atoms with Gasteiger partial charge >= 0.3 is 23.9 Å². The third-order valence-electron chi connectivity index (χ3n) is 10.3. The van der Waals surface area contributed by atoms with Crippen molar-refractivity contribution in [3.05, 3.63) is 83.2 Å². The molecule has 12 heteroatoms. The molecule has 0 bridgehead atoms. The van der Waals surface area contributed by atoms with Crippen LogP contribution in [0.5, 0.6) is 0 Å². The van der Waals surface area contributed by atoms with Gasteiger partial charge in [0.25, 0.3) is 0 Å². The van der Waals surface area contributed by atoms with E-state index < -0.39 is 70.3 Å². The second kappa shape index (κ2) is 12.3. The van der Waals surface area contributed by atoms with Crippen LogP contribution in [0.4, 0.5) is 0 Å². The summed E-state index contributed by atoms with van der Waals surface area (Å²) < 4.78 is 23.3. The van der Waals surface area contributed by atoms with Gasteiger partial charge < -0.3 is 29.2 Å². The standard InChI is InChI=1S/C34H38N2O10/c1-19-9-6-12-24-32(19,3)27(45-29(39)21-10-7-13-35-16-21)28(46-30(40)22-11-8-14-36-17-22)34(5,42)33(24,4)25(44-20(2)37)15-23-18-43-31(41)26(23)38/h7-11,13-14,16-17,24-25,27-28,38,42H,6,12,15,18H2,1-5H3. The molecular formula is C34H38N2O10. The number of rotatable bonds is 8. The van der Waals surface area contributed by atoms with E-state index in [4.69, 9.17) is 18.9 Å². The molecule has 12 nitrogen and oxygen atoms in total. The van der Waals surface area contributed by atoms with Crippen molar-refractivity contribution in [3.63, 3.8) is 0 Å². The summed E-state index contributed by atoms with van der Waals surface area (Å²) >= 11 is 0. The Morgan fingerprint density at radius 1 is 1.02 bits per heavy atom. The molecule has 3 heterocycles. The number of nitrogens with zero attached hydrogens (tertiary/aromatic N) is 2. The highest BCUT2D eigenvalue weighted by Crippen LogP contribution is 2.65. The lowest BCUT2D eigenvalue weighted by atomic mass is 9.42. The van der Waals surface area contributed by atoms with E-state index in [0.717, 1.165) is 5.57 Å². The van der Waals surface area contributed by atoms with Crippen molar-refractivity contribution in [2.24, 2.45) is 16.7 Å². The van der Waals surface area contributed by atoms with E-state index in [-0.39, 0.29) is 29.7 Å². The smallest absolute Gasteiger partial charge is 0.373 e. The van der Waals surface area contributed by atoms with Crippen LogP contribution >= 0.6 is 0 Å². The fourth-order valence-electron chi connectivity index (χ4n) is 7.51. The first-order valence-electron chi connectivity index (χ1n) is 15.1. The molecule has 2 aromatic heterocycles. The molecule has 0 aromatic carbocycles. The van der Waals surface area contributed by atoms with Gasteiger partial charge in [0.1, 0.15) is 18.3 Å². The van der Waals surface area contributed by atoms with Gasteiger partial charge in [0.2, 0.25) is 5.76 Å². The summed E-state index contributed by atoms with van der Waals surface area (Å²) in [7, 11) is 0. The van der Waals surface area contributed by atoms with E-state index in [2.05, 4.69) is 9.97 Å². The highest BCUT2D eigenvalue weighted by Gasteiger charge is 2.73. The van der Waals surface area contributed by atoms with Gasteiger partial charge in [-0.25, -0.2) is 14.4 Å². The average molecular weight is 635 g/mol. The Balaban J connectivity index is 1.70. The number of carbonyl (C=O) groups excluding carboxylic acids is 4. The van der Waals surface area contributed by atoms with Crippen LogP contribution in [0.3, 0.4) is 0 Å². The topological polar surface area (TPSA) is 171 Å². The highest BCUT2D eigenvalue weighted by molar-refractivity contribution is 5.90. The molecule has 1 fully saturated rings. The molecule has 5 rings (SSSR count). The fourth-order valence-corrected chi connectivity index (χ4v) is 7.51. The molecule has 244 valence electrons. The summed E-state index contributed by atoms with van der Waals surface area (Å²) in [6.45, 7) is 7.98. The highest BCUT2D eigenvalue weighted by atomic mass is 16.6.